The molecule has 1 aliphatic heterocycles. The van der Waals surface area contributed by atoms with Crippen LogP contribution in [-0.4, -0.2) is 37.8 Å². The minimum absolute atomic E-state index is 0.355. The molecular weight excluding hydrogens is 214 g/mol. The minimum Gasteiger partial charge on any atom is -0.377 e. The van der Waals surface area contributed by atoms with E-state index in [1.807, 2.05) is 13.2 Å². The topological polar surface area (TPSA) is 37.4 Å². The number of hydrogen-bond donors (Lipinski definition) is 1. The quantitative estimate of drug-likeness (QED) is 0.863. The summed E-state index contributed by atoms with van der Waals surface area (Å²) in [5, 5.41) is 3.25. The smallest absolute Gasteiger partial charge is 0.129 e. The third kappa shape index (κ3) is 2.76. The lowest BCUT2D eigenvalue weighted by atomic mass is 10.1. The Bertz CT molecular complexity index is 369. The summed E-state index contributed by atoms with van der Waals surface area (Å²) >= 11 is 0. The summed E-state index contributed by atoms with van der Waals surface area (Å²) in [6.45, 7) is 6.83. The molecular formula is C13H21N3O. The molecule has 1 fully saturated rings. The molecule has 17 heavy (non-hydrogen) atoms. The second-order valence-electron chi connectivity index (χ2n) is 4.58. The van der Waals surface area contributed by atoms with Crippen LogP contribution in [-0.2, 0) is 4.74 Å². The fourth-order valence-electron chi connectivity index (χ4n) is 2.09. The highest BCUT2D eigenvalue weighted by Crippen LogP contribution is 2.21. The lowest BCUT2D eigenvalue weighted by Crippen LogP contribution is -2.44. The number of hydrogen-bond acceptors (Lipinski definition) is 4. The fourth-order valence-corrected chi connectivity index (χ4v) is 2.09. The van der Waals surface area contributed by atoms with E-state index in [1.165, 1.54) is 5.56 Å². The first kappa shape index (κ1) is 12.3. The van der Waals surface area contributed by atoms with Crippen LogP contribution in [0.2, 0.25) is 0 Å². The van der Waals surface area contributed by atoms with Gasteiger partial charge in [-0.2, -0.15) is 0 Å². The van der Waals surface area contributed by atoms with Crippen molar-refractivity contribution in [3.63, 3.8) is 0 Å². The largest absolute Gasteiger partial charge is 0.377 e. The van der Waals surface area contributed by atoms with Gasteiger partial charge in [0.2, 0.25) is 0 Å². The first-order chi connectivity index (χ1) is 8.22. The molecule has 1 N–H and O–H groups in total. The Morgan fingerprint density at radius 3 is 3.12 bits per heavy atom. The molecule has 2 heterocycles. The molecule has 4 nitrogen and oxygen atoms in total. The van der Waals surface area contributed by atoms with Gasteiger partial charge in [0.25, 0.3) is 0 Å². The van der Waals surface area contributed by atoms with Gasteiger partial charge in [0.05, 0.1) is 19.3 Å². The summed E-state index contributed by atoms with van der Waals surface area (Å²) in [6.07, 6.45) is 1.89. The Morgan fingerprint density at radius 2 is 2.41 bits per heavy atom. The molecule has 0 aromatic carbocycles. The van der Waals surface area contributed by atoms with Crippen molar-refractivity contribution >= 4 is 5.82 Å². The number of aromatic nitrogens is 1. The average Bonchev–Trinajstić information content (AvgIpc) is 2.38. The maximum atomic E-state index is 5.45. The molecule has 94 valence electrons. The van der Waals surface area contributed by atoms with E-state index in [9.17, 15) is 0 Å². The zero-order valence-corrected chi connectivity index (χ0v) is 10.8. The molecule has 2 atom stereocenters. The fraction of sp³-hybridized carbons (Fsp3) is 0.615. The van der Waals surface area contributed by atoms with Crippen LogP contribution in [0.3, 0.4) is 0 Å². The summed E-state index contributed by atoms with van der Waals surface area (Å²) in [7, 11) is 1.97. The van der Waals surface area contributed by atoms with Crippen LogP contribution in [0.25, 0.3) is 0 Å². The molecule has 0 aliphatic carbocycles. The van der Waals surface area contributed by atoms with Crippen LogP contribution < -0.4 is 10.2 Å². The van der Waals surface area contributed by atoms with Crippen molar-refractivity contribution in [1.82, 2.24) is 10.3 Å². The molecule has 2 rings (SSSR count). The number of rotatable bonds is 3. The van der Waals surface area contributed by atoms with Crippen molar-refractivity contribution in [3.8, 4) is 0 Å². The number of pyridine rings is 1. The van der Waals surface area contributed by atoms with Gasteiger partial charge in [-0.25, -0.2) is 4.98 Å². The molecule has 0 amide bonds. The van der Waals surface area contributed by atoms with E-state index >= 15 is 0 Å². The van der Waals surface area contributed by atoms with Crippen molar-refractivity contribution in [1.29, 1.82) is 0 Å². The zero-order chi connectivity index (χ0) is 12.3. The summed E-state index contributed by atoms with van der Waals surface area (Å²) in [6, 6.07) is 4.99. The predicted molar refractivity (Wildman–Crippen MR) is 69.3 cm³/mol. The van der Waals surface area contributed by atoms with E-state index in [-0.39, 0.29) is 0 Å². The number of morpholine rings is 1. The second kappa shape index (κ2) is 5.47. The van der Waals surface area contributed by atoms with Gasteiger partial charge in [-0.15, -0.1) is 0 Å². The van der Waals surface area contributed by atoms with Gasteiger partial charge in [0.1, 0.15) is 5.82 Å². The van der Waals surface area contributed by atoms with E-state index in [0.29, 0.717) is 12.1 Å². The normalized spacial score (nSPS) is 22.5. The summed E-state index contributed by atoms with van der Waals surface area (Å²) in [5.41, 5.74) is 1.27. The van der Waals surface area contributed by atoms with E-state index < -0.39 is 0 Å². The third-order valence-electron chi connectivity index (χ3n) is 3.36. The molecule has 1 saturated heterocycles. The van der Waals surface area contributed by atoms with Crippen LogP contribution in [0.1, 0.15) is 25.5 Å². The molecule has 2 unspecified atom stereocenters. The zero-order valence-electron chi connectivity index (χ0n) is 10.8. The highest BCUT2D eigenvalue weighted by atomic mass is 16.5. The molecule has 1 aromatic rings. The number of nitrogens with zero attached hydrogens (tertiary/aromatic N) is 2. The lowest BCUT2D eigenvalue weighted by Gasteiger charge is -2.34. The molecule has 4 heteroatoms. The summed E-state index contributed by atoms with van der Waals surface area (Å²) < 4.78 is 5.45. The van der Waals surface area contributed by atoms with Gasteiger partial charge in [-0.1, -0.05) is 0 Å². The molecule has 0 bridgehead atoms. The standard InChI is InChI=1S/C13H21N3O/c1-10-9-17-7-6-16(10)13-8-12(4-5-15-13)11(2)14-3/h4-5,8,10-11,14H,6-7,9H2,1-3H3. The molecule has 1 aromatic heterocycles. The van der Waals surface area contributed by atoms with Gasteiger partial charge < -0.3 is 15.0 Å². The Hall–Kier alpha value is -1.13. The highest BCUT2D eigenvalue weighted by Gasteiger charge is 2.20. The van der Waals surface area contributed by atoms with E-state index in [4.69, 9.17) is 4.74 Å². The maximum Gasteiger partial charge on any atom is 0.129 e. The molecule has 0 radical (unpaired) electrons. The highest BCUT2D eigenvalue weighted by molar-refractivity contribution is 5.43. The first-order valence-electron chi connectivity index (χ1n) is 6.20. The molecule has 0 saturated carbocycles. The Balaban J connectivity index is 2.20. The Morgan fingerprint density at radius 1 is 1.59 bits per heavy atom. The third-order valence-corrected chi connectivity index (χ3v) is 3.36. The molecule has 1 aliphatic rings. The van der Waals surface area contributed by atoms with Crippen molar-refractivity contribution in [3.05, 3.63) is 23.9 Å². The van der Waals surface area contributed by atoms with Crippen LogP contribution >= 0.6 is 0 Å². The Kier molecular flexibility index (Phi) is 3.97. The van der Waals surface area contributed by atoms with Crippen molar-refractivity contribution in [2.24, 2.45) is 0 Å². The molecule has 0 spiro atoms. The predicted octanol–water partition coefficient (Wildman–Crippen LogP) is 1.59. The van der Waals surface area contributed by atoms with Crippen molar-refractivity contribution in [2.75, 3.05) is 31.7 Å². The van der Waals surface area contributed by atoms with E-state index in [2.05, 4.69) is 41.2 Å². The summed E-state index contributed by atoms with van der Waals surface area (Å²) in [5.74, 6) is 1.06. The SMILES string of the molecule is CNC(C)c1ccnc(N2CCOCC2C)c1. The van der Waals surface area contributed by atoms with Gasteiger partial charge >= 0.3 is 0 Å². The average molecular weight is 235 g/mol. The monoisotopic (exact) mass is 235 g/mol. The number of anilines is 1. The van der Waals surface area contributed by atoms with Gasteiger partial charge in [0, 0.05) is 18.8 Å². The van der Waals surface area contributed by atoms with Crippen LogP contribution in [0.15, 0.2) is 18.3 Å². The van der Waals surface area contributed by atoms with Crippen LogP contribution in [0.4, 0.5) is 5.82 Å². The first-order valence-corrected chi connectivity index (χ1v) is 6.20. The van der Waals surface area contributed by atoms with Crippen LogP contribution in [0, 0.1) is 0 Å². The van der Waals surface area contributed by atoms with Crippen molar-refractivity contribution in [2.45, 2.75) is 25.9 Å². The Labute approximate surface area is 103 Å². The summed E-state index contributed by atoms with van der Waals surface area (Å²) in [4.78, 5) is 6.79. The number of nitrogens with one attached hydrogen (secondary N) is 1. The second-order valence-corrected chi connectivity index (χ2v) is 4.58. The lowest BCUT2D eigenvalue weighted by molar-refractivity contribution is 0.0985. The van der Waals surface area contributed by atoms with E-state index in [1.54, 1.807) is 0 Å². The number of ether oxygens (including phenoxy) is 1. The maximum absolute atomic E-state index is 5.45. The van der Waals surface area contributed by atoms with Crippen molar-refractivity contribution < 1.29 is 4.74 Å². The van der Waals surface area contributed by atoms with E-state index in [0.717, 1.165) is 25.6 Å². The van der Waals surface area contributed by atoms with Crippen LogP contribution in [0.5, 0.6) is 0 Å². The van der Waals surface area contributed by atoms with Gasteiger partial charge in [-0.3, -0.25) is 0 Å². The van der Waals surface area contributed by atoms with Gasteiger partial charge in [0.15, 0.2) is 0 Å². The van der Waals surface area contributed by atoms with Gasteiger partial charge in [-0.05, 0) is 38.6 Å². The minimum atomic E-state index is 0.355.